The van der Waals surface area contributed by atoms with Crippen LogP contribution in [0.5, 0.6) is 0 Å². The molecule has 0 saturated carbocycles. The van der Waals surface area contributed by atoms with Crippen molar-refractivity contribution in [1.29, 1.82) is 0 Å². The van der Waals surface area contributed by atoms with Crippen LogP contribution in [0.2, 0.25) is 0 Å². The molecular formula is C13H27NO2. The second-order valence-corrected chi connectivity index (χ2v) is 6.36. The first-order valence-electron chi connectivity index (χ1n) is 6.24. The van der Waals surface area contributed by atoms with E-state index < -0.39 is 5.60 Å². The molecule has 1 fully saturated rings. The number of rotatable bonds is 4. The molecule has 1 saturated heterocycles. The number of likely N-dealkylation sites (N-methyl/N-ethyl adjacent to an activating group) is 1. The van der Waals surface area contributed by atoms with Gasteiger partial charge in [-0.1, -0.05) is 6.92 Å². The van der Waals surface area contributed by atoms with Gasteiger partial charge in [0.2, 0.25) is 0 Å². The number of hydrogen-bond acceptors (Lipinski definition) is 3. The molecule has 1 heterocycles. The first-order chi connectivity index (χ1) is 7.11. The van der Waals surface area contributed by atoms with Crippen LogP contribution < -0.4 is 5.32 Å². The molecule has 3 heteroatoms. The SMILES string of the molecule is CCNCC(C)(O)C1CC(C)(C)OC1(C)C. The van der Waals surface area contributed by atoms with E-state index >= 15 is 0 Å². The molecule has 0 aromatic heterocycles. The molecular weight excluding hydrogens is 202 g/mol. The van der Waals surface area contributed by atoms with Gasteiger partial charge in [-0.25, -0.2) is 0 Å². The lowest BCUT2D eigenvalue weighted by Gasteiger charge is -2.37. The van der Waals surface area contributed by atoms with E-state index in [2.05, 4.69) is 39.9 Å². The Kier molecular flexibility index (Phi) is 3.73. The van der Waals surface area contributed by atoms with Crippen LogP contribution in [0.3, 0.4) is 0 Å². The van der Waals surface area contributed by atoms with Crippen molar-refractivity contribution in [2.75, 3.05) is 13.1 Å². The van der Waals surface area contributed by atoms with Gasteiger partial charge in [0.25, 0.3) is 0 Å². The van der Waals surface area contributed by atoms with Crippen LogP contribution in [0.1, 0.15) is 48.0 Å². The van der Waals surface area contributed by atoms with Crippen molar-refractivity contribution in [2.45, 2.75) is 64.8 Å². The molecule has 1 aliphatic heterocycles. The summed E-state index contributed by atoms with van der Waals surface area (Å²) in [5, 5.41) is 13.8. The Hall–Kier alpha value is -0.120. The first kappa shape index (κ1) is 13.9. The molecule has 2 atom stereocenters. The van der Waals surface area contributed by atoms with Crippen LogP contribution in [0.25, 0.3) is 0 Å². The van der Waals surface area contributed by atoms with E-state index in [4.69, 9.17) is 4.74 Å². The monoisotopic (exact) mass is 229 g/mol. The minimum absolute atomic E-state index is 0.135. The van der Waals surface area contributed by atoms with Gasteiger partial charge in [-0.05, 0) is 47.6 Å². The van der Waals surface area contributed by atoms with Gasteiger partial charge in [-0.2, -0.15) is 0 Å². The smallest absolute Gasteiger partial charge is 0.0799 e. The minimum Gasteiger partial charge on any atom is -0.388 e. The van der Waals surface area contributed by atoms with Gasteiger partial charge in [0.1, 0.15) is 0 Å². The summed E-state index contributed by atoms with van der Waals surface area (Å²) < 4.78 is 6.03. The highest BCUT2D eigenvalue weighted by molar-refractivity contribution is 5.02. The van der Waals surface area contributed by atoms with Crippen molar-refractivity contribution in [3.05, 3.63) is 0 Å². The third kappa shape index (κ3) is 2.96. The molecule has 0 amide bonds. The summed E-state index contributed by atoms with van der Waals surface area (Å²) in [6.45, 7) is 13.8. The molecule has 96 valence electrons. The largest absolute Gasteiger partial charge is 0.388 e. The van der Waals surface area contributed by atoms with Gasteiger partial charge in [-0.3, -0.25) is 0 Å². The summed E-state index contributed by atoms with van der Waals surface area (Å²) in [5.41, 5.74) is -1.11. The average Bonchev–Trinajstić information content (AvgIpc) is 2.31. The molecule has 0 spiro atoms. The Morgan fingerprint density at radius 2 is 1.94 bits per heavy atom. The van der Waals surface area contributed by atoms with E-state index in [-0.39, 0.29) is 17.1 Å². The lowest BCUT2D eigenvalue weighted by molar-refractivity contribution is -0.107. The van der Waals surface area contributed by atoms with Gasteiger partial charge < -0.3 is 15.2 Å². The van der Waals surface area contributed by atoms with Crippen molar-refractivity contribution in [2.24, 2.45) is 5.92 Å². The van der Waals surface area contributed by atoms with Crippen LogP contribution >= 0.6 is 0 Å². The predicted molar refractivity (Wildman–Crippen MR) is 66.5 cm³/mol. The van der Waals surface area contributed by atoms with Crippen molar-refractivity contribution in [3.8, 4) is 0 Å². The normalized spacial score (nSPS) is 31.3. The second kappa shape index (κ2) is 4.28. The minimum atomic E-state index is -0.715. The zero-order chi connectivity index (χ0) is 12.6. The zero-order valence-corrected chi connectivity index (χ0v) is 11.6. The Balaban J connectivity index is 2.79. The molecule has 0 bridgehead atoms. The summed E-state index contributed by atoms with van der Waals surface area (Å²) in [4.78, 5) is 0. The molecule has 1 aliphatic rings. The van der Waals surface area contributed by atoms with E-state index in [1.54, 1.807) is 0 Å². The van der Waals surface area contributed by atoms with Crippen LogP contribution in [-0.4, -0.2) is 35.0 Å². The summed E-state index contributed by atoms with van der Waals surface area (Å²) in [5.74, 6) is 0.161. The fourth-order valence-electron chi connectivity index (χ4n) is 3.03. The number of aliphatic hydroxyl groups is 1. The van der Waals surface area contributed by atoms with Gasteiger partial charge in [0.05, 0.1) is 16.8 Å². The number of hydrogen-bond donors (Lipinski definition) is 2. The molecule has 0 aromatic carbocycles. The van der Waals surface area contributed by atoms with Gasteiger partial charge in [0, 0.05) is 12.5 Å². The van der Waals surface area contributed by atoms with Crippen LogP contribution in [0.15, 0.2) is 0 Å². The van der Waals surface area contributed by atoms with E-state index in [1.165, 1.54) is 0 Å². The molecule has 16 heavy (non-hydrogen) atoms. The molecule has 0 radical (unpaired) electrons. The van der Waals surface area contributed by atoms with Crippen molar-refractivity contribution >= 4 is 0 Å². The number of nitrogens with one attached hydrogen (secondary N) is 1. The van der Waals surface area contributed by atoms with Gasteiger partial charge in [0.15, 0.2) is 0 Å². The Morgan fingerprint density at radius 3 is 2.31 bits per heavy atom. The molecule has 3 nitrogen and oxygen atoms in total. The third-order valence-corrected chi connectivity index (χ3v) is 3.56. The van der Waals surface area contributed by atoms with Gasteiger partial charge >= 0.3 is 0 Å². The van der Waals surface area contributed by atoms with E-state index in [1.807, 2.05) is 6.92 Å². The quantitative estimate of drug-likeness (QED) is 0.774. The summed E-state index contributed by atoms with van der Waals surface area (Å²) >= 11 is 0. The maximum absolute atomic E-state index is 10.6. The standard InChI is InChI=1S/C13H27NO2/c1-7-14-9-13(6,15)10-8-11(2,3)16-12(10,4)5/h10,14-15H,7-9H2,1-6H3. The summed E-state index contributed by atoms with van der Waals surface area (Å²) in [6, 6.07) is 0. The van der Waals surface area contributed by atoms with Crippen LogP contribution in [-0.2, 0) is 4.74 Å². The Labute approximate surface area is 99.6 Å². The van der Waals surface area contributed by atoms with Crippen LogP contribution in [0.4, 0.5) is 0 Å². The first-order valence-corrected chi connectivity index (χ1v) is 6.24. The van der Waals surface area contributed by atoms with E-state index in [9.17, 15) is 5.11 Å². The summed E-state index contributed by atoms with van der Waals surface area (Å²) in [6.07, 6.45) is 0.901. The van der Waals surface area contributed by atoms with Crippen molar-refractivity contribution in [3.63, 3.8) is 0 Å². The number of ether oxygens (including phenoxy) is 1. The molecule has 2 unspecified atom stereocenters. The average molecular weight is 229 g/mol. The molecule has 0 aromatic rings. The van der Waals surface area contributed by atoms with E-state index in [0.717, 1.165) is 13.0 Å². The molecule has 1 rings (SSSR count). The second-order valence-electron chi connectivity index (χ2n) is 6.36. The Morgan fingerprint density at radius 1 is 1.38 bits per heavy atom. The highest BCUT2D eigenvalue weighted by Gasteiger charge is 2.52. The fourth-order valence-corrected chi connectivity index (χ4v) is 3.03. The fraction of sp³-hybridized carbons (Fsp3) is 1.00. The maximum atomic E-state index is 10.6. The highest BCUT2D eigenvalue weighted by atomic mass is 16.5. The topological polar surface area (TPSA) is 41.5 Å². The summed E-state index contributed by atoms with van der Waals surface area (Å²) in [7, 11) is 0. The molecule has 2 N–H and O–H groups in total. The van der Waals surface area contributed by atoms with Crippen LogP contribution in [0, 0.1) is 5.92 Å². The molecule has 0 aliphatic carbocycles. The third-order valence-electron chi connectivity index (χ3n) is 3.56. The highest BCUT2D eigenvalue weighted by Crippen LogP contribution is 2.46. The zero-order valence-electron chi connectivity index (χ0n) is 11.6. The van der Waals surface area contributed by atoms with Crippen molar-refractivity contribution < 1.29 is 9.84 Å². The lowest BCUT2D eigenvalue weighted by atomic mass is 9.75. The maximum Gasteiger partial charge on any atom is 0.0799 e. The Bertz CT molecular complexity index is 246. The van der Waals surface area contributed by atoms with Gasteiger partial charge in [-0.15, -0.1) is 0 Å². The predicted octanol–water partition coefficient (Wildman–Crippen LogP) is 1.94. The van der Waals surface area contributed by atoms with Crippen molar-refractivity contribution in [1.82, 2.24) is 5.32 Å². The lowest BCUT2D eigenvalue weighted by Crippen LogP contribution is -2.50. The van der Waals surface area contributed by atoms with E-state index in [0.29, 0.717) is 6.54 Å².